The number of ketones is 1. The van der Waals surface area contributed by atoms with Crippen molar-refractivity contribution in [2.24, 2.45) is 7.05 Å². The number of piperazine rings is 1. The average Bonchev–Trinajstić information content (AvgIpc) is 3.04. The van der Waals surface area contributed by atoms with Gasteiger partial charge >= 0.3 is 0 Å². The normalized spacial score (nSPS) is 14.8. The molecule has 0 spiro atoms. The molecular weight excluding hydrogens is 376 g/mol. The van der Waals surface area contributed by atoms with Crippen LogP contribution in [0.3, 0.4) is 0 Å². The number of carbonyl (C=O) groups is 2. The summed E-state index contributed by atoms with van der Waals surface area (Å²) in [4.78, 5) is 29.2. The van der Waals surface area contributed by atoms with Crippen molar-refractivity contribution in [2.45, 2.75) is 6.92 Å². The molecule has 1 saturated heterocycles. The number of rotatable bonds is 6. The Labute approximate surface area is 177 Å². The van der Waals surface area contributed by atoms with E-state index in [2.05, 4.69) is 34.5 Å². The highest BCUT2D eigenvalue weighted by Gasteiger charge is 2.25. The molecule has 0 atom stereocenters. The van der Waals surface area contributed by atoms with E-state index in [4.69, 9.17) is 0 Å². The maximum Gasteiger partial charge on any atom is 0.292 e. The van der Waals surface area contributed by atoms with E-state index in [1.807, 2.05) is 48.9 Å². The van der Waals surface area contributed by atoms with Gasteiger partial charge in [0.2, 0.25) is 0 Å². The van der Waals surface area contributed by atoms with Crippen molar-refractivity contribution in [3.05, 3.63) is 65.9 Å². The molecular formula is C24H29N4O2+. The summed E-state index contributed by atoms with van der Waals surface area (Å²) in [5, 5.41) is 3.67. The monoisotopic (exact) mass is 405 g/mol. The fourth-order valence-electron chi connectivity index (χ4n) is 4.32. The summed E-state index contributed by atoms with van der Waals surface area (Å²) < 4.78 is 1.96. The van der Waals surface area contributed by atoms with Crippen molar-refractivity contribution in [1.82, 2.24) is 9.88 Å². The van der Waals surface area contributed by atoms with Crippen LogP contribution in [0.1, 0.15) is 16.1 Å². The van der Waals surface area contributed by atoms with Crippen LogP contribution in [0.2, 0.25) is 0 Å². The number of fused-ring (bicyclic) bond motifs is 1. The van der Waals surface area contributed by atoms with Gasteiger partial charge in [0.15, 0.2) is 0 Å². The minimum Gasteiger partial charge on any atom is -0.360 e. The molecule has 2 N–H and O–H groups in total. The molecule has 1 aliphatic rings. The van der Waals surface area contributed by atoms with E-state index in [0.29, 0.717) is 12.1 Å². The van der Waals surface area contributed by atoms with E-state index in [9.17, 15) is 9.59 Å². The molecule has 6 nitrogen and oxygen atoms in total. The minimum absolute atomic E-state index is 0.451. The predicted molar refractivity (Wildman–Crippen MR) is 119 cm³/mol. The van der Waals surface area contributed by atoms with E-state index in [1.54, 1.807) is 0 Å². The maximum atomic E-state index is 12.8. The molecule has 0 saturated carbocycles. The lowest BCUT2D eigenvalue weighted by atomic mass is 10.1. The average molecular weight is 406 g/mol. The molecule has 1 aromatic heterocycles. The van der Waals surface area contributed by atoms with Crippen LogP contribution in [-0.4, -0.2) is 55.5 Å². The van der Waals surface area contributed by atoms with Gasteiger partial charge in [-0.15, -0.1) is 0 Å². The summed E-state index contributed by atoms with van der Waals surface area (Å²) in [5.41, 5.74) is 3.56. The topological polar surface area (TPSA) is 58.8 Å². The quantitative estimate of drug-likeness (QED) is 0.479. The zero-order chi connectivity index (χ0) is 21.1. The smallest absolute Gasteiger partial charge is 0.292 e. The fraction of sp³-hybridized carbons (Fsp3) is 0.333. The van der Waals surface area contributed by atoms with Crippen molar-refractivity contribution in [2.75, 3.05) is 44.2 Å². The number of amides is 1. The zero-order valence-corrected chi connectivity index (χ0v) is 17.6. The molecule has 4 rings (SSSR count). The van der Waals surface area contributed by atoms with Crippen molar-refractivity contribution in [3.8, 4) is 0 Å². The van der Waals surface area contributed by atoms with Gasteiger partial charge in [-0.05, 0) is 25.1 Å². The van der Waals surface area contributed by atoms with Crippen LogP contribution in [0, 0.1) is 6.92 Å². The Kier molecular flexibility index (Phi) is 5.86. The van der Waals surface area contributed by atoms with Crippen LogP contribution in [-0.2, 0) is 11.8 Å². The second-order valence-electron chi connectivity index (χ2n) is 7.94. The highest BCUT2D eigenvalue weighted by Crippen LogP contribution is 2.25. The Morgan fingerprint density at radius 1 is 1.00 bits per heavy atom. The van der Waals surface area contributed by atoms with E-state index >= 15 is 0 Å². The summed E-state index contributed by atoms with van der Waals surface area (Å²) in [7, 11) is 1.92. The van der Waals surface area contributed by atoms with Gasteiger partial charge in [-0.1, -0.05) is 36.4 Å². The first-order chi connectivity index (χ1) is 14.6. The molecule has 6 heteroatoms. The van der Waals surface area contributed by atoms with Gasteiger partial charge in [-0.25, -0.2) is 0 Å². The molecule has 0 unspecified atom stereocenters. The van der Waals surface area contributed by atoms with E-state index < -0.39 is 11.7 Å². The molecule has 30 heavy (non-hydrogen) atoms. The summed E-state index contributed by atoms with van der Waals surface area (Å²) in [6, 6.07) is 18.2. The first kappa shape index (κ1) is 20.2. The Balaban J connectivity index is 1.30. The Bertz CT molecular complexity index is 1050. The fourth-order valence-corrected chi connectivity index (χ4v) is 4.32. The number of hydrogen-bond acceptors (Lipinski definition) is 3. The SMILES string of the molecule is Cc1c(C(=O)C(=O)NCC[NH+]2CCN(c3ccccc3)CC2)c2ccccc2n1C. The lowest BCUT2D eigenvalue weighted by Crippen LogP contribution is -3.15. The highest BCUT2D eigenvalue weighted by molar-refractivity contribution is 6.45. The third-order valence-electron chi connectivity index (χ3n) is 6.19. The number of nitrogens with zero attached hydrogens (tertiary/aromatic N) is 2. The van der Waals surface area contributed by atoms with Crippen molar-refractivity contribution in [1.29, 1.82) is 0 Å². The number of nitrogens with one attached hydrogen (secondary N) is 2. The number of hydrogen-bond donors (Lipinski definition) is 2. The molecule has 2 aromatic carbocycles. The lowest BCUT2D eigenvalue weighted by Gasteiger charge is -2.33. The molecule has 1 aliphatic heterocycles. The molecule has 0 bridgehead atoms. The number of quaternary nitrogens is 1. The van der Waals surface area contributed by atoms with Gasteiger partial charge in [0, 0.05) is 29.3 Å². The second-order valence-corrected chi connectivity index (χ2v) is 7.94. The van der Waals surface area contributed by atoms with Gasteiger partial charge in [0.05, 0.1) is 44.8 Å². The zero-order valence-electron chi connectivity index (χ0n) is 17.6. The van der Waals surface area contributed by atoms with Gasteiger partial charge in [0.1, 0.15) is 0 Å². The molecule has 156 valence electrons. The van der Waals surface area contributed by atoms with E-state index in [-0.39, 0.29) is 0 Å². The van der Waals surface area contributed by atoms with Crippen LogP contribution in [0.4, 0.5) is 5.69 Å². The van der Waals surface area contributed by atoms with E-state index in [1.165, 1.54) is 10.6 Å². The van der Waals surface area contributed by atoms with Crippen LogP contribution in [0.25, 0.3) is 10.9 Å². The Hall–Kier alpha value is -3.12. The number of anilines is 1. The van der Waals surface area contributed by atoms with Crippen LogP contribution in [0.5, 0.6) is 0 Å². The van der Waals surface area contributed by atoms with Crippen molar-refractivity contribution >= 4 is 28.3 Å². The highest BCUT2D eigenvalue weighted by atomic mass is 16.2. The Morgan fingerprint density at radius 2 is 1.67 bits per heavy atom. The van der Waals surface area contributed by atoms with Gasteiger partial charge < -0.3 is 19.7 Å². The number of benzene rings is 2. The predicted octanol–water partition coefficient (Wildman–Crippen LogP) is 1.19. The van der Waals surface area contributed by atoms with Gasteiger partial charge in [0.25, 0.3) is 11.7 Å². The molecule has 3 aromatic rings. The van der Waals surface area contributed by atoms with Crippen molar-refractivity contribution < 1.29 is 14.5 Å². The first-order valence-corrected chi connectivity index (χ1v) is 10.6. The lowest BCUT2D eigenvalue weighted by molar-refractivity contribution is -0.899. The molecule has 2 heterocycles. The summed E-state index contributed by atoms with van der Waals surface area (Å²) in [6.07, 6.45) is 0. The van der Waals surface area contributed by atoms with Crippen LogP contribution in [0.15, 0.2) is 54.6 Å². The Morgan fingerprint density at radius 3 is 2.40 bits per heavy atom. The number of Topliss-reactive ketones (excluding diaryl/α,β-unsaturated/α-hetero) is 1. The van der Waals surface area contributed by atoms with Gasteiger partial charge in [-0.2, -0.15) is 0 Å². The summed E-state index contributed by atoms with van der Waals surface area (Å²) >= 11 is 0. The maximum absolute atomic E-state index is 12.8. The molecule has 0 aliphatic carbocycles. The summed E-state index contributed by atoms with van der Waals surface area (Å²) in [5.74, 6) is -0.968. The molecule has 1 fully saturated rings. The van der Waals surface area contributed by atoms with Gasteiger partial charge in [-0.3, -0.25) is 9.59 Å². The first-order valence-electron chi connectivity index (χ1n) is 10.6. The largest absolute Gasteiger partial charge is 0.360 e. The third-order valence-corrected chi connectivity index (χ3v) is 6.19. The number of para-hydroxylation sites is 2. The number of carbonyl (C=O) groups excluding carboxylic acids is 2. The standard InChI is InChI=1S/C24H28N4O2/c1-18-22(20-10-6-7-11-21(20)26(18)2)23(29)24(30)25-12-13-27-14-16-28(17-15-27)19-8-4-3-5-9-19/h3-11H,12-17H2,1-2H3,(H,25,30)/p+1. The molecule has 0 radical (unpaired) electrons. The van der Waals surface area contributed by atoms with E-state index in [0.717, 1.165) is 49.3 Å². The minimum atomic E-state index is -0.517. The third kappa shape index (κ3) is 3.96. The molecule has 1 amide bonds. The van der Waals surface area contributed by atoms with Crippen molar-refractivity contribution in [3.63, 3.8) is 0 Å². The van der Waals surface area contributed by atoms with Crippen LogP contribution < -0.4 is 15.1 Å². The van der Waals surface area contributed by atoms with Crippen LogP contribution >= 0.6 is 0 Å². The number of aromatic nitrogens is 1. The number of aryl methyl sites for hydroxylation is 1. The summed E-state index contributed by atoms with van der Waals surface area (Å²) in [6.45, 7) is 7.28. The second kappa shape index (κ2) is 8.71.